The summed E-state index contributed by atoms with van der Waals surface area (Å²) in [6.07, 6.45) is 4.31. The molecule has 1 aliphatic heterocycles. The van der Waals surface area contributed by atoms with Gasteiger partial charge in [0, 0.05) is 25.9 Å². The SMILES string of the molecule is Cc1cn2nc(N3CCC(Oc4c(C)cccc4C)CC3)sc2n1. The second-order valence-corrected chi connectivity index (χ2v) is 7.45. The lowest BCUT2D eigenvalue weighted by atomic mass is 10.1. The lowest BCUT2D eigenvalue weighted by molar-refractivity contribution is 0.168. The summed E-state index contributed by atoms with van der Waals surface area (Å²) in [5.41, 5.74) is 3.45. The summed E-state index contributed by atoms with van der Waals surface area (Å²) in [5.74, 6) is 1.05. The second kappa shape index (κ2) is 6.09. The van der Waals surface area contributed by atoms with E-state index in [9.17, 15) is 0 Å². The van der Waals surface area contributed by atoms with E-state index in [1.165, 1.54) is 11.1 Å². The number of piperidine rings is 1. The molecule has 5 nitrogen and oxygen atoms in total. The lowest BCUT2D eigenvalue weighted by Crippen LogP contribution is -2.38. The molecule has 0 radical (unpaired) electrons. The first-order valence-electron chi connectivity index (χ1n) is 8.41. The highest BCUT2D eigenvalue weighted by Crippen LogP contribution is 2.29. The van der Waals surface area contributed by atoms with Gasteiger partial charge in [-0.25, -0.2) is 9.50 Å². The van der Waals surface area contributed by atoms with E-state index in [2.05, 4.69) is 47.0 Å². The second-order valence-electron chi connectivity index (χ2n) is 6.52. The molecule has 1 fully saturated rings. The third-order valence-corrected chi connectivity index (χ3v) is 5.54. The summed E-state index contributed by atoms with van der Waals surface area (Å²) in [4.78, 5) is 7.80. The van der Waals surface area contributed by atoms with E-state index >= 15 is 0 Å². The summed E-state index contributed by atoms with van der Waals surface area (Å²) in [7, 11) is 0. The molecule has 0 unspecified atom stereocenters. The molecule has 1 aliphatic rings. The Kier molecular flexibility index (Phi) is 3.92. The van der Waals surface area contributed by atoms with Crippen molar-refractivity contribution in [3.8, 4) is 5.75 Å². The number of anilines is 1. The molecule has 0 saturated carbocycles. The Morgan fingerprint density at radius 3 is 2.50 bits per heavy atom. The zero-order valence-electron chi connectivity index (χ0n) is 14.3. The highest BCUT2D eigenvalue weighted by Gasteiger charge is 2.24. The molecule has 2 aromatic heterocycles. The Balaban J connectivity index is 1.42. The summed E-state index contributed by atoms with van der Waals surface area (Å²) in [6, 6.07) is 6.32. The van der Waals surface area contributed by atoms with Crippen molar-refractivity contribution < 1.29 is 4.74 Å². The molecule has 24 heavy (non-hydrogen) atoms. The van der Waals surface area contributed by atoms with Crippen LogP contribution in [0, 0.1) is 20.8 Å². The minimum absolute atomic E-state index is 0.285. The molecule has 0 N–H and O–H groups in total. The van der Waals surface area contributed by atoms with Crippen molar-refractivity contribution in [3.05, 3.63) is 41.2 Å². The van der Waals surface area contributed by atoms with Crippen molar-refractivity contribution in [3.63, 3.8) is 0 Å². The van der Waals surface area contributed by atoms with Gasteiger partial charge in [0.2, 0.25) is 10.1 Å². The number of aryl methyl sites for hydroxylation is 3. The largest absolute Gasteiger partial charge is 0.490 e. The molecular weight excluding hydrogens is 320 g/mol. The fourth-order valence-corrected chi connectivity index (χ4v) is 4.22. The molecule has 3 aromatic rings. The maximum absolute atomic E-state index is 6.30. The van der Waals surface area contributed by atoms with Crippen LogP contribution in [0.3, 0.4) is 0 Å². The molecule has 0 spiro atoms. The van der Waals surface area contributed by atoms with Gasteiger partial charge in [-0.3, -0.25) is 0 Å². The summed E-state index contributed by atoms with van der Waals surface area (Å²) in [5, 5.41) is 5.71. The molecule has 126 valence electrons. The van der Waals surface area contributed by atoms with Gasteiger partial charge in [0.05, 0.1) is 11.9 Å². The number of benzene rings is 1. The van der Waals surface area contributed by atoms with Gasteiger partial charge >= 0.3 is 0 Å². The van der Waals surface area contributed by atoms with Gasteiger partial charge in [-0.2, -0.15) is 0 Å². The van der Waals surface area contributed by atoms with Gasteiger partial charge in [-0.1, -0.05) is 29.5 Å². The minimum atomic E-state index is 0.285. The molecule has 0 bridgehead atoms. The van der Waals surface area contributed by atoms with E-state index in [1.807, 2.05) is 17.6 Å². The highest BCUT2D eigenvalue weighted by molar-refractivity contribution is 7.20. The Labute approximate surface area is 145 Å². The Morgan fingerprint density at radius 1 is 1.12 bits per heavy atom. The van der Waals surface area contributed by atoms with Crippen LogP contribution in [0.1, 0.15) is 29.7 Å². The van der Waals surface area contributed by atoms with Crippen molar-refractivity contribution in [2.24, 2.45) is 0 Å². The number of ether oxygens (including phenoxy) is 1. The number of imidazole rings is 1. The first-order valence-corrected chi connectivity index (χ1v) is 9.22. The van der Waals surface area contributed by atoms with Gasteiger partial charge in [-0.05, 0) is 31.9 Å². The van der Waals surface area contributed by atoms with E-state index in [-0.39, 0.29) is 6.10 Å². The number of hydrogen-bond donors (Lipinski definition) is 0. The molecule has 6 heteroatoms. The molecule has 3 heterocycles. The predicted octanol–water partition coefficient (Wildman–Crippen LogP) is 3.76. The standard InChI is InChI=1S/C18H22N4OS/c1-12-5-4-6-13(2)16(12)23-15-7-9-21(10-8-15)18-20-22-11-14(3)19-17(22)24-18/h4-6,11,15H,7-10H2,1-3H3. The maximum atomic E-state index is 6.30. The van der Waals surface area contributed by atoms with Crippen LogP contribution in [-0.4, -0.2) is 33.8 Å². The van der Waals surface area contributed by atoms with E-state index < -0.39 is 0 Å². The smallest absolute Gasteiger partial charge is 0.214 e. The van der Waals surface area contributed by atoms with E-state index in [0.29, 0.717) is 0 Å². The first-order chi connectivity index (χ1) is 11.6. The molecule has 4 rings (SSSR count). The van der Waals surface area contributed by atoms with Crippen molar-refractivity contribution in [2.45, 2.75) is 39.7 Å². The van der Waals surface area contributed by atoms with Crippen LogP contribution in [0.5, 0.6) is 5.75 Å². The number of fused-ring (bicyclic) bond motifs is 1. The first kappa shape index (κ1) is 15.4. The Morgan fingerprint density at radius 2 is 1.83 bits per heavy atom. The van der Waals surface area contributed by atoms with E-state index in [1.54, 1.807) is 11.3 Å². The van der Waals surface area contributed by atoms with Crippen molar-refractivity contribution >= 4 is 21.4 Å². The number of nitrogens with zero attached hydrogens (tertiary/aromatic N) is 4. The van der Waals surface area contributed by atoms with Gasteiger partial charge in [0.1, 0.15) is 11.9 Å². The van der Waals surface area contributed by atoms with Crippen LogP contribution < -0.4 is 9.64 Å². The van der Waals surface area contributed by atoms with Crippen molar-refractivity contribution in [1.82, 2.24) is 14.6 Å². The quantitative estimate of drug-likeness (QED) is 0.727. The third kappa shape index (κ3) is 2.86. The Bertz CT molecular complexity index is 809. The number of hydrogen-bond acceptors (Lipinski definition) is 5. The van der Waals surface area contributed by atoms with Crippen LogP contribution in [0.4, 0.5) is 5.13 Å². The molecule has 0 atom stereocenters. The molecule has 1 aromatic carbocycles. The number of rotatable bonds is 3. The Hall–Kier alpha value is -2.08. The van der Waals surface area contributed by atoms with Crippen LogP contribution >= 0.6 is 11.3 Å². The summed E-state index contributed by atoms with van der Waals surface area (Å²) in [6.45, 7) is 8.18. The summed E-state index contributed by atoms with van der Waals surface area (Å²) < 4.78 is 8.18. The van der Waals surface area contributed by atoms with Gasteiger partial charge in [-0.15, -0.1) is 5.10 Å². The fraction of sp³-hybridized carbons (Fsp3) is 0.444. The van der Waals surface area contributed by atoms with Gasteiger partial charge in [0.15, 0.2) is 0 Å². The predicted molar refractivity (Wildman–Crippen MR) is 97.4 cm³/mol. The van der Waals surface area contributed by atoms with E-state index in [4.69, 9.17) is 4.74 Å². The average molecular weight is 342 g/mol. The van der Waals surface area contributed by atoms with Crippen LogP contribution in [0.25, 0.3) is 4.96 Å². The van der Waals surface area contributed by atoms with Gasteiger partial charge < -0.3 is 9.64 Å². The average Bonchev–Trinajstić information content (AvgIpc) is 3.09. The fourth-order valence-electron chi connectivity index (χ4n) is 3.24. The topological polar surface area (TPSA) is 42.7 Å². The van der Waals surface area contributed by atoms with Crippen LogP contribution in [-0.2, 0) is 0 Å². The minimum Gasteiger partial charge on any atom is -0.490 e. The third-order valence-electron chi connectivity index (χ3n) is 4.56. The molecule has 0 amide bonds. The monoisotopic (exact) mass is 342 g/mol. The summed E-state index contributed by atoms with van der Waals surface area (Å²) >= 11 is 1.66. The molecule has 0 aliphatic carbocycles. The van der Waals surface area contributed by atoms with Crippen molar-refractivity contribution in [1.29, 1.82) is 0 Å². The van der Waals surface area contributed by atoms with Crippen LogP contribution in [0.2, 0.25) is 0 Å². The normalized spacial score (nSPS) is 16.0. The number of para-hydroxylation sites is 1. The van der Waals surface area contributed by atoms with E-state index in [0.717, 1.165) is 47.5 Å². The molecule has 1 saturated heterocycles. The highest BCUT2D eigenvalue weighted by atomic mass is 32.1. The maximum Gasteiger partial charge on any atom is 0.214 e. The van der Waals surface area contributed by atoms with Crippen LogP contribution in [0.15, 0.2) is 24.4 Å². The zero-order chi connectivity index (χ0) is 16.7. The van der Waals surface area contributed by atoms with Crippen molar-refractivity contribution in [2.75, 3.05) is 18.0 Å². The number of aromatic nitrogens is 3. The zero-order valence-corrected chi connectivity index (χ0v) is 15.1. The molecular formula is C18H22N4OS. The van der Waals surface area contributed by atoms with Gasteiger partial charge in [0.25, 0.3) is 0 Å². The lowest BCUT2D eigenvalue weighted by Gasteiger charge is -2.32.